The van der Waals surface area contributed by atoms with Crippen LogP contribution in [0.2, 0.25) is 0 Å². The topological polar surface area (TPSA) is 29.4 Å². The summed E-state index contributed by atoms with van der Waals surface area (Å²) in [6, 6.07) is 8.45. The van der Waals surface area contributed by atoms with Gasteiger partial charge in [-0.05, 0) is 43.7 Å². The van der Waals surface area contributed by atoms with Crippen LogP contribution < -0.4 is 0 Å². The van der Waals surface area contributed by atoms with Crippen molar-refractivity contribution in [2.75, 3.05) is 0 Å². The minimum atomic E-state index is -0.0951. The predicted molar refractivity (Wildman–Crippen MR) is 91.5 cm³/mol. The molecule has 0 amide bonds. The smallest absolute Gasteiger partial charge is 0.142 e. The van der Waals surface area contributed by atoms with E-state index in [-0.39, 0.29) is 11.5 Å². The minimum absolute atomic E-state index is 0.0951. The highest BCUT2D eigenvalue weighted by Crippen LogP contribution is 2.33. The molecule has 118 valence electrons. The number of aliphatic imine (C=N–C) groups is 1. The average Bonchev–Trinajstić information content (AvgIpc) is 2.46. The molecule has 0 N–H and O–H groups in total. The van der Waals surface area contributed by atoms with Gasteiger partial charge in [-0.25, -0.2) is 0 Å². The molecule has 2 aliphatic rings. The molecular weight excluding hydrogens is 270 g/mol. The quantitative estimate of drug-likeness (QED) is 0.802. The Kier molecular flexibility index (Phi) is 4.20. The predicted octanol–water partition coefficient (Wildman–Crippen LogP) is 4.60. The van der Waals surface area contributed by atoms with E-state index in [0.29, 0.717) is 18.1 Å². The lowest BCUT2D eigenvalue weighted by Gasteiger charge is -2.31. The molecular formula is C20H27NO. The maximum absolute atomic E-state index is 12.8. The van der Waals surface area contributed by atoms with Crippen LogP contribution in [0.1, 0.15) is 64.0 Å². The third-order valence-electron chi connectivity index (χ3n) is 5.26. The summed E-state index contributed by atoms with van der Waals surface area (Å²) in [6.07, 6.45) is 6.22. The lowest BCUT2D eigenvalue weighted by atomic mass is 9.76. The first-order valence-electron chi connectivity index (χ1n) is 8.66. The molecule has 2 heteroatoms. The number of rotatable bonds is 3. The molecule has 0 spiro atoms. The standard InChI is InChI=1S/C20H27NO/c1-14-8-4-6-10-16(14)19(22)12-18-17-11-7-5-9-15(17)13-20(2,3)21-18/h5,7,9,11,14,16H,4,6,8,10,12-13H2,1-3H3/t14-,16-/m1/s1. The van der Waals surface area contributed by atoms with Gasteiger partial charge in [0.15, 0.2) is 0 Å². The van der Waals surface area contributed by atoms with Gasteiger partial charge in [0.05, 0.1) is 11.3 Å². The van der Waals surface area contributed by atoms with Crippen LogP contribution in [-0.4, -0.2) is 17.0 Å². The van der Waals surface area contributed by atoms with Crippen molar-refractivity contribution in [3.05, 3.63) is 35.4 Å². The van der Waals surface area contributed by atoms with Crippen LogP contribution in [-0.2, 0) is 11.2 Å². The van der Waals surface area contributed by atoms with Crippen LogP contribution in [0, 0.1) is 11.8 Å². The van der Waals surface area contributed by atoms with Crippen molar-refractivity contribution in [3.8, 4) is 0 Å². The van der Waals surface area contributed by atoms with E-state index in [0.717, 1.165) is 18.6 Å². The fourth-order valence-electron chi connectivity index (χ4n) is 4.11. The normalized spacial score (nSPS) is 27.0. The van der Waals surface area contributed by atoms with Gasteiger partial charge in [-0.3, -0.25) is 9.79 Å². The van der Waals surface area contributed by atoms with Crippen LogP contribution in [0.3, 0.4) is 0 Å². The van der Waals surface area contributed by atoms with Crippen LogP contribution in [0.5, 0.6) is 0 Å². The Hall–Kier alpha value is -1.44. The van der Waals surface area contributed by atoms with E-state index >= 15 is 0 Å². The number of nitrogens with zero attached hydrogens (tertiary/aromatic N) is 1. The van der Waals surface area contributed by atoms with E-state index in [1.54, 1.807) is 0 Å². The first-order valence-corrected chi connectivity index (χ1v) is 8.66. The van der Waals surface area contributed by atoms with Crippen molar-refractivity contribution >= 4 is 11.5 Å². The highest BCUT2D eigenvalue weighted by Gasteiger charge is 2.31. The summed E-state index contributed by atoms with van der Waals surface area (Å²) in [5.74, 6) is 1.18. The second-order valence-electron chi connectivity index (χ2n) is 7.72. The second kappa shape index (κ2) is 5.98. The van der Waals surface area contributed by atoms with Crippen LogP contribution >= 0.6 is 0 Å². The molecule has 1 aromatic rings. The molecule has 0 aromatic heterocycles. The van der Waals surface area contributed by atoms with Crippen molar-refractivity contribution in [2.45, 2.75) is 64.8 Å². The SMILES string of the molecule is C[C@@H]1CCCC[C@H]1C(=O)CC1=NC(C)(C)Cc2ccccc21. The summed E-state index contributed by atoms with van der Waals surface area (Å²) in [5.41, 5.74) is 3.44. The fraction of sp³-hybridized carbons (Fsp3) is 0.600. The Morgan fingerprint density at radius 1 is 1.23 bits per heavy atom. The lowest BCUT2D eigenvalue weighted by molar-refractivity contribution is -0.124. The first kappa shape index (κ1) is 15.5. The number of hydrogen-bond acceptors (Lipinski definition) is 2. The molecule has 1 heterocycles. The van der Waals surface area contributed by atoms with E-state index in [4.69, 9.17) is 4.99 Å². The molecule has 1 fully saturated rings. The molecule has 22 heavy (non-hydrogen) atoms. The Bertz CT molecular complexity index is 599. The number of carbonyl (C=O) groups is 1. The summed E-state index contributed by atoms with van der Waals surface area (Å²) in [4.78, 5) is 17.7. The van der Waals surface area contributed by atoms with Crippen molar-refractivity contribution in [1.29, 1.82) is 0 Å². The first-order chi connectivity index (χ1) is 10.5. The third kappa shape index (κ3) is 3.16. The summed E-state index contributed by atoms with van der Waals surface area (Å²) in [5, 5.41) is 0. The van der Waals surface area contributed by atoms with E-state index < -0.39 is 0 Å². The van der Waals surface area contributed by atoms with Crippen molar-refractivity contribution in [3.63, 3.8) is 0 Å². The lowest BCUT2D eigenvalue weighted by Crippen LogP contribution is -2.32. The van der Waals surface area contributed by atoms with Gasteiger partial charge in [0.2, 0.25) is 0 Å². The molecule has 1 aliphatic carbocycles. The summed E-state index contributed by atoms with van der Waals surface area (Å²) in [6.45, 7) is 6.57. The Morgan fingerprint density at radius 3 is 2.73 bits per heavy atom. The van der Waals surface area contributed by atoms with Gasteiger partial charge in [0.1, 0.15) is 5.78 Å². The molecule has 1 aromatic carbocycles. The van der Waals surface area contributed by atoms with Crippen LogP contribution in [0.15, 0.2) is 29.3 Å². The molecule has 3 rings (SSSR count). The van der Waals surface area contributed by atoms with E-state index in [2.05, 4.69) is 45.0 Å². The zero-order chi connectivity index (χ0) is 15.7. The van der Waals surface area contributed by atoms with E-state index in [1.165, 1.54) is 30.4 Å². The van der Waals surface area contributed by atoms with Crippen LogP contribution in [0.25, 0.3) is 0 Å². The monoisotopic (exact) mass is 297 g/mol. The summed E-state index contributed by atoms with van der Waals surface area (Å²) < 4.78 is 0. The van der Waals surface area contributed by atoms with E-state index in [1.807, 2.05) is 0 Å². The number of carbonyl (C=O) groups excluding carboxylic acids is 1. The van der Waals surface area contributed by atoms with Gasteiger partial charge >= 0.3 is 0 Å². The van der Waals surface area contributed by atoms with Crippen molar-refractivity contribution in [2.24, 2.45) is 16.8 Å². The Morgan fingerprint density at radius 2 is 1.95 bits per heavy atom. The molecule has 0 unspecified atom stereocenters. The maximum Gasteiger partial charge on any atom is 0.142 e. The number of fused-ring (bicyclic) bond motifs is 1. The third-order valence-corrected chi connectivity index (χ3v) is 5.26. The van der Waals surface area contributed by atoms with Crippen molar-refractivity contribution in [1.82, 2.24) is 0 Å². The van der Waals surface area contributed by atoms with Crippen LogP contribution in [0.4, 0.5) is 0 Å². The van der Waals surface area contributed by atoms with Gasteiger partial charge in [-0.2, -0.15) is 0 Å². The summed E-state index contributed by atoms with van der Waals surface area (Å²) in [7, 11) is 0. The molecule has 0 bridgehead atoms. The zero-order valence-corrected chi connectivity index (χ0v) is 14.1. The molecule has 0 radical (unpaired) electrons. The maximum atomic E-state index is 12.8. The number of hydrogen-bond donors (Lipinski definition) is 0. The van der Waals surface area contributed by atoms with Gasteiger partial charge < -0.3 is 0 Å². The Labute approximate surface area is 134 Å². The van der Waals surface area contributed by atoms with Gasteiger partial charge in [-0.15, -0.1) is 0 Å². The van der Waals surface area contributed by atoms with Crippen molar-refractivity contribution < 1.29 is 4.79 Å². The van der Waals surface area contributed by atoms with E-state index in [9.17, 15) is 4.79 Å². The minimum Gasteiger partial charge on any atom is -0.299 e. The highest BCUT2D eigenvalue weighted by molar-refractivity contribution is 6.13. The zero-order valence-electron chi connectivity index (χ0n) is 14.1. The molecule has 0 saturated heterocycles. The molecule has 1 aliphatic heterocycles. The number of benzene rings is 1. The van der Waals surface area contributed by atoms with Gasteiger partial charge in [0.25, 0.3) is 0 Å². The highest BCUT2D eigenvalue weighted by atomic mass is 16.1. The number of Topliss-reactive ketones (excluding diaryl/α,β-unsaturated/α-hetero) is 1. The molecule has 2 nitrogen and oxygen atoms in total. The average molecular weight is 297 g/mol. The Balaban J connectivity index is 1.84. The largest absolute Gasteiger partial charge is 0.299 e. The second-order valence-corrected chi connectivity index (χ2v) is 7.72. The number of ketones is 1. The molecule has 2 atom stereocenters. The van der Waals surface area contributed by atoms with Gasteiger partial charge in [-0.1, -0.05) is 50.5 Å². The molecule has 1 saturated carbocycles. The fourth-order valence-corrected chi connectivity index (χ4v) is 4.11. The van der Waals surface area contributed by atoms with Gasteiger partial charge in [0, 0.05) is 12.3 Å². The summed E-state index contributed by atoms with van der Waals surface area (Å²) >= 11 is 0.